The molecule has 0 aliphatic carbocycles. The first-order chi connectivity index (χ1) is 9.92. The molecular weight excluding hydrogens is 331 g/mol. The second kappa shape index (κ2) is 6.56. The summed E-state index contributed by atoms with van der Waals surface area (Å²) in [6.45, 7) is 1.87. The van der Waals surface area contributed by atoms with Crippen molar-refractivity contribution in [2.24, 2.45) is 0 Å². The number of aryl methyl sites for hydroxylation is 1. The smallest absolute Gasteiger partial charge is 0.255 e. The van der Waals surface area contributed by atoms with E-state index in [1.54, 1.807) is 6.07 Å². The molecule has 0 bridgehead atoms. The van der Waals surface area contributed by atoms with E-state index in [9.17, 15) is 4.79 Å². The van der Waals surface area contributed by atoms with Crippen LogP contribution in [-0.2, 0) is 0 Å². The first-order valence-electron chi connectivity index (χ1n) is 6.16. The van der Waals surface area contributed by atoms with Gasteiger partial charge in [-0.25, -0.2) is 0 Å². The summed E-state index contributed by atoms with van der Waals surface area (Å²) < 4.78 is 0. The van der Waals surface area contributed by atoms with Gasteiger partial charge in [-0.1, -0.05) is 34.8 Å². The Labute approximate surface area is 138 Å². The van der Waals surface area contributed by atoms with Crippen LogP contribution in [0, 0.1) is 6.92 Å². The predicted octanol–water partition coefficient (Wildman–Crippen LogP) is 5.25. The lowest BCUT2D eigenvalue weighted by Crippen LogP contribution is -2.14. The van der Waals surface area contributed by atoms with Crippen LogP contribution < -0.4 is 10.6 Å². The average molecular weight is 344 g/mol. The van der Waals surface area contributed by atoms with Crippen molar-refractivity contribution in [3.05, 3.63) is 56.5 Å². The van der Waals surface area contributed by atoms with Crippen LogP contribution in [0.2, 0.25) is 15.1 Å². The van der Waals surface area contributed by atoms with Gasteiger partial charge in [-0.3, -0.25) is 4.79 Å². The Balaban J connectivity index is 2.28. The number of anilines is 2. The first-order valence-corrected chi connectivity index (χ1v) is 7.30. The molecule has 2 aromatic carbocycles. The third-order valence-corrected chi connectivity index (χ3v) is 4.05. The van der Waals surface area contributed by atoms with Gasteiger partial charge in [0.2, 0.25) is 0 Å². The van der Waals surface area contributed by atoms with Crippen LogP contribution in [0.15, 0.2) is 30.3 Å². The van der Waals surface area contributed by atoms with E-state index < -0.39 is 0 Å². The van der Waals surface area contributed by atoms with Crippen LogP contribution in [0.3, 0.4) is 0 Å². The normalized spacial score (nSPS) is 10.3. The molecule has 0 fully saturated rings. The maximum absolute atomic E-state index is 12.3. The van der Waals surface area contributed by atoms with Crippen molar-refractivity contribution in [3.8, 4) is 0 Å². The Bertz CT molecular complexity index is 702. The van der Waals surface area contributed by atoms with Gasteiger partial charge in [0.05, 0.1) is 20.8 Å². The van der Waals surface area contributed by atoms with E-state index in [1.165, 1.54) is 12.1 Å². The summed E-state index contributed by atoms with van der Waals surface area (Å²) in [5.74, 6) is -0.254. The van der Waals surface area contributed by atoms with Crippen molar-refractivity contribution in [1.29, 1.82) is 0 Å². The van der Waals surface area contributed by atoms with Crippen LogP contribution in [0.5, 0.6) is 0 Å². The molecular formula is C15H13Cl3N2O. The Kier molecular flexibility index (Phi) is 4.99. The van der Waals surface area contributed by atoms with Crippen LogP contribution in [-0.4, -0.2) is 13.0 Å². The molecule has 0 aliphatic rings. The van der Waals surface area contributed by atoms with Crippen molar-refractivity contribution in [2.75, 3.05) is 17.7 Å². The fraction of sp³-hybridized carbons (Fsp3) is 0.133. The largest absolute Gasteiger partial charge is 0.388 e. The van der Waals surface area contributed by atoms with Crippen molar-refractivity contribution in [3.63, 3.8) is 0 Å². The summed E-state index contributed by atoms with van der Waals surface area (Å²) >= 11 is 17.9. The number of benzene rings is 2. The highest BCUT2D eigenvalue weighted by Gasteiger charge is 2.13. The van der Waals surface area contributed by atoms with E-state index in [4.69, 9.17) is 34.8 Å². The molecule has 0 spiro atoms. The number of carbonyl (C=O) groups excluding carboxylic acids is 1. The number of hydrogen-bond acceptors (Lipinski definition) is 2. The molecule has 0 radical (unpaired) electrons. The number of rotatable bonds is 3. The summed E-state index contributed by atoms with van der Waals surface area (Å²) in [7, 11) is 1.82. The zero-order chi connectivity index (χ0) is 15.6. The molecule has 0 heterocycles. The lowest BCUT2D eigenvalue weighted by Gasteiger charge is -2.11. The summed E-state index contributed by atoms with van der Waals surface area (Å²) in [4.78, 5) is 12.3. The third-order valence-electron chi connectivity index (χ3n) is 3.02. The van der Waals surface area contributed by atoms with Gasteiger partial charge in [0.1, 0.15) is 0 Å². The highest BCUT2D eigenvalue weighted by molar-refractivity contribution is 6.44. The standard InChI is InChI=1S/C15H13Cl3N2O/c1-8-5-9(19-2)3-4-10(8)15(21)20-14-7-12(17)11(16)6-13(14)18/h3-7,19H,1-2H3,(H,20,21). The Morgan fingerprint density at radius 1 is 1.00 bits per heavy atom. The highest BCUT2D eigenvalue weighted by Crippen LogP contribution is 2.32. The average Bonchev–Trinajstić information content (AvgIpc) is 2.44. The predicted molar refractivity (Wildman–Crippen MR) is 90.2 cm³/mol. The molecule has 6 heteroatoms. The summed E-state index contributed by atoms with van der Waals surface area (Å²) in [5, 5.41) is 6.77. The molecule has 0 saturated heterocycles. The van der Waals surface area contributed by atoms with Crippen molar-refractivity contribution in [1.82, 2.24) is 0 Å². The quantitative estimate of drug-likeness (QED) is 0.747. The molecule has 0 atom stereocenters. The van der Waals surface area contributed by atoms with Crippen LogP contribution in [0.4, 0.5) is 11.4 Å². The number of amides is 1. The minimum atomic E-state index is -0.254. The summed E-state index contributed by atoms with van der Waals surface area (Å²) in [6, 6.07) is 8.51. The Morgan fingerprint density at radius 3 is 2.29 bits per heavy atom. The molecule has 110 valence electrons. The SMILES string of the molecule is CNc1ccc(C(=O)Nc2cc(Cl)c(Cl)cc2Cl)c(C)c1. The van der Waals surface area contributed by atoms with Crippen molar-refractivity contribution in [2.45, 2.75) is 6.92 Å². The molecule has 0 saturated carbocycles. The summed E-state index contributed by atoms with van der Waals surface area (Å²) in [6.07, 6.45) is 0. The lowest BCUT2D eigenvalue weighted by atomic mass is 10.1. The highest BCUT2D eigenvalue weighted by atomic mass is 35.5. The number of nitrogens with one attached hydrogen (secondary N) is 2. The topological polar surface area (TPSA) is 41.1 Å². The Morgan fingerprint density at radius 2 is 1.67 bits per heavy atom. The molecule has 1 amide bonds. The van der Waals surface area contributed by atoms with Gasteiger partial charge >= 0.3 is 0 Å². The fourth-order valence-corrected chi connectivity index (χ4v) is 2.48. The van der Waals surface area contributed by atoms with E-state index in [2.05, 4.69) is 10.6 Å². The molecule has 2 rings (SSSR count). The van der Waals surface area contributed by atoms with Gasteiger partial charge in [-0.05, 0) is 42.8 Å². The van der Waals surface area contributed by atoms with Crippen molar-refractivity contribution < 1.29 is 4.79 Å². The molecule has 3 nitrogen and oxygen atoms in total. The van der Waals surface area contributed by atoms with Gasteiger partial charge in [0, 0.05) is 18.3 Å². The zero-order valence-corrected chi connectivity index (χ0v) is 13.7. The monoisotopic (exact) mass is 342 g/mol. The van der Waals surface area contributed by atoms with Gasteiger partial charge in [-0.15, -0.1) is 0 Å². The van der Waals surface area contributed by atoms with E-state index >= 15 is 0 Å². The van der Waals surface area contributed by atoms with Gasteiger partial charge < -0.3 is 10.6 Å². The second-order valence-corrected chi connectivity index (χ2v) is 5.70. The van der Waals surface area contributed by atoms with Crippen LogP contribution in [0.1, 0.15) is 15.9 Å². The van der Waals surface area contributed by atoms with E-state index in [0.29, 0.717) is 26.3 Å². The van der Waals surface area contributed by atoms with Gasteiger partial charge in [0.25, 0.3) is 5.91 Å². The minimum Gasteiger partial charge on any atom is -0.388 e. The molecule has 21 heavy (non-hydrogen) atoms. The van der Waals surface area contributed by atoms with Crippen molar-refractivity contribution >= 4 is 52.1 Å². The fourth-order valence-electron chi connectivity index (χ4n) is 1.88. The zero-order valence-electron chi connectivity index (χ0n) is 11.4. The number of hydrogen-bond donors (Lipinski definition) is 2. The molecule has 0 unspecified atom stereocenters. The molecule has 2 N–H and O–H groups in total. The molecule has 0 aromatic heterocycles. The van der Waals surface area contributed by atoms with E-state index in [-0.39, 0.29) is 5.91 Å². The lowest BCUT2D eigenvalue weighted by molar-refractivity contribution is 0.102. The van der Waals surface area contributed by atoms with E-state index in [1.807, 2.05) is 26.1 Å². The molecule has 0 aliphatic heterocycles. The minimum absolute atomic E-state index is 0.254. The van der Waals surface area contributed by atoms with Gasteiger partial charge in [0.15, 0.2) is 0 Å². The first kappa shape index (κ1) is 16.0. The van der Waals surface area contributed by atoms with E-state index in [0.717, 1.165) is 11.3 Å². The molecule has 2 aromatic rings. The second-order valence-electron chi connectivity index (χ2n) is 4.48. The van der Waals surface area contributed by atoms with Crippen LogP contribution >= 0.6 is 34.8 Å². The number of halogens is 3. The number of carbonyl (C=O) groups is 1. The maximum Gasteiger partial charge on any atom is 0.255 e. The van der Waals surface area contributed by atoms with Crippen LogP contribution in [0.25, 0.3) is 0 Å². The Hall–Kier alpha value is -1.42. The summed E-state index contributed by atoms with van der Waals surface area (Å²) in [5.41, 5.74) is 2.79. The van der Waals surface area contributed by atoms with Gasteiger partial charge in [-0.2, -0.15) is 0 Å². The maximum atomic E-state index is 12.3. The third kappa shape index (κ3) is 3.62.